The molecule has 0 saturated heterocycles. The van der Waals surface area contributed by atoms with Gasteiger partial charge in [-0.05, 0) is 56.7 Å². The van der Waals surface area contributed by atoms with Crippen molar-refractivity contribution in [2.45, 2.75) is 31.6 Å². The second-order valence-corrected chi connectivity index (χ2v) is 9.11. The molecule has 0 aliphatic rings. The molecule has 5 nitrogen and oxygen atoms in total. The Morgan fingerprint density at radius 3 is 2.43 bits per heavy atom. The maximum absolute atomic E-state index is 12.0. The molecule has 23 heavy (non-hydrogen) atoms. The lowest BCUT2D eigenvalue weighted by Gasteiger charge is -2.18. The van der Waals surface area contributed by atoms with Crippen molar-refractivity contribution in [3.8, 4) is 0 Å². The summed E-state index contributed by atoms with van der Waals surface area (Å²) in [5.41, 5.74) is -0.735. The largest absolute Gasteiger partial charge is 0.481 e. The van der Waals surface area contributed by atoms with E-state index in [0.29, 0.717) is 23.7 Å². The van der Waals surface area contributed by atoms with E-state index >= 15 is 0 Å². The van der Waals surface area contributed by atoms with Crippen LogP contribution in [0.4, 0.5) is 0 Å². The van der Waals surface area contributed by atoms with E-state index in [1.807, 2.05) is 0 Å². The Labute approximate surface area is 146 Å². The molecule has 0 fully saturated rings. The summed E-state index contributed by atoms with van der Waals surface area (Å²) in [5.74, 6) is 0.541. The van der Waals surface area contributed by atoms with E-state index in [1.54, 1.807) is 25.6 Å². The summed E-state index contributed by atoms with van der Waals surface area (Å²) >= 11 is 7.31. The van der Waals surface area contributed by atoms with Crippen molar-refractivity contribution in [1.82, 2.24) is 4.72 Å². The third kappa shape index (κ3) is 7.12. The molecule has 1 aromatic carbocycles. The van der Waals surface area contributed by atoms with Gasteiger partial charge in [-0.3, -0.25) is 4.79 Å². The predicted molar refractivity (Wildman–Crippen MR) is 94.6 cm³/mol. The number of nitrogens with one attached hydrogen (secondary N) is 1. The topological polar surface area (TPSA) is 83.5 Å². The zero-order valence-electron chi connectivity index (χ0n) is 13.2. The van der Waals surface area contributed by atoms with Gasteiger partial charge in [-0.25, -0.2) is 13.1 Å². The minimum absolute atomic E-state index is 0.194. The van der Waals surface area contributed by atoms with E-state index in [2.05, 4.69) is 4.72 Å². The molecule has 0 amide bonds. The fraction of sp³-hybridized carbons (Fsp3) is 0.533. The van der Waals surface area contributed by atoms with Gasteiger partial charge in [0.1, 0.15) is 0 Å². The van der Waals surface area contributed by atoms with Gasteiger partial charge in [0.15, 0.2) is 0 Å². The Bertz CT molecular complexity index is 615. The molecule has 0 aliphatic heterocycles. The summed E-state index contributed by atoms with van der Waals surface area (Å²) in [4.78, 5) is 11.1. The summed E-state index contributed by atoms with van der Waals surface area (Å²) in [7, 11) is -3.50. The van der Waals surface area contributed by atoms with Gasteiger partial charge in [-0.2, -0.15) is 11.8 Å². The van der Waals surface area contributed by atoms with Crippen LogP contribution in [0.25, 0.3) is 0 Å². The second kappa shape index (κ2) is 8.92. The number of carboxylic acids is 1. The molecule has 0 heterocycles. The monoisotopic (exact) mass is 379 g/mol. The van der Waals surface area contributed by atoms with Crippen molar-refractivity contribution in [2.24, 2.45) is 5.41 Å². The van der Waals surface area contributed by atoms with E-state index in [4.69, 9.17) is 16.7 Å². The van der Waals surface area contributed by atoms with Gasteiger partial charge in [-0.15, -0.1) is 0 Å². The van der Waals surface area contributed by atoms with Crippen LogP contribution in [-0.2, 0) is 14.8 Å². The molecule has 1 aromatic rings. The zero-order chi connectivity index (χ0) is 17.5. The van der Waals surface area contributed by atoms with Crippen LogP contribution < -0.4 is 4.72 Å². The fourth-order valence-corrected chi connectivity index (χ4v) is 4.01. The summed E-state index contributed by atoms with van der Waals surface area (Å²) in [6, 6.07) is 6.01. The molecule has 2 N–H and O–H groups in total. The van der Waals surface area contributed by atoms with Gasteiger partial charge in [-0.1, -0.05) is 11.6 Å². The maximum atomic E-state index is 12.0. The predicted octanol–water partition coefficient (Wildman–Crippen LogP) is 3.24. The first-order valence-electron chi connectivity index (χ1n) is 7.21. The summed E-state index contributed by atoms with van der Waals surface area (Å²) in [5, 5.41) is 9.49. The summed E-state index contributed by atoms with van der Waals surface area (Å²) in [6.45, 7) is 3.75. The van der Waals surface area contributed by atoms with Gasteiger partial charge in [0, 0.05) is 17.3 Å². The maximum Gasteiger partial charge on any atom is 0.309 e. The quantitative estimate of drug-likeness (QED) is 0.609. The molecule has 0 bridgehead atoms. The van der Waals surface area contributed by atoms with Crippen LogP contribution in [-0.4, -0.2) is 37.5 Å². The van der Waals surface area contributed by atoms with Crippen molar-refractivity contribution < 1.29 is 18.3 Å². The highest BCUT2D eigenvalue weighted by Gasteiger charge is 2.26. The van der Waals surface area contributed by atoms with E-state index in [9.17, 15) is 13.2 Å². The Morgan fingerprint density at radius 2 is 1.87 bits per heavy atom. The van der Waals surface area contributed by atoms with Crippen molar-refractivity contribution in [1.29, 1.82) is 0 Å². The molecule has 0 saturated carbocycles. The fourth-order valence-electron chi connectivity index (χ4n) is 1.62. The zero-order valence-corrected chi connectivity index (χ0v) is 15.6. The first kappa shape index (κ1) is 20.3. The molecule has 0 atom stereocenters. The van der Waals surface area contributed by atoms with Crippen LogP contribution in [0.5, 0.6) is 0 Å². The minimum atomic E-state index is -3.50. The van der Waals surface area contributed by atoms with E-state index in [-0.39, 0.29) is 4.90 Å². The molecular formula is C15H22ClNO4S2. The molecule has 0 radical (unpaired) electrons. The third-order valence-electron chi connectivity index (χ3n) is 3.17. The molecular weight excluding hydrogens is 358 g/mol. The van der Waals surface area contributed by atoms with Crippen LogP contribution >= 0.6 is 23.4 Å². The van der Waals surface area contributed by atoms with Crippen LogP contribution in [0.1, 0.15) is 26.7 Å². The van der Waals surface area contributed by atoms with Crippen molar-refractivity contribution in [2.75, 3.05) is 18.1 Å². The molecule has 130 valence electrons. The van der Waals surface area contributed by atoms with E-state index in [1.165, 1.54) is 24.3 Å². The number of hydrogen-bond acceptors (Lipinski definition) is 4. The highest BCUT2D eigenvalue weighted by atomic mass is 35.5. The van der Waals surface area contributed by atoms with Gasteiger partial charge in [0.05, 0.1) is 10.3 Å². The Morgan fingerprint density at radius 1 is 1.26 bits per heavy atom. The number of rotatable bonds is 10. The minimum Gasteiger partial charge on any atom is -0.481 e. The average molecular weight is 380 g/mol. The highest BCUT2D eigenvalue weighted by molar-refractivity contribution is 7.99. The first-order valence-corrected chi connectivity index (χ1v) is 10.2. The number of sulfonamides is 1. The third-order valence-corrected chi connectivity index (χ3v) is 6.41. The van der Waals surface area contributed by atoms with Crippen LogP contribution in [0, 0.1) is 5.41 Å². The van der Waals surface area contributed by atoms with Crippen molar-refractivity contribution >= 4 is 39.4 Å². The van der Waals surface area contributed by atoms with Crippen molar-refractivity contribution in [3.05, 3.63) is 29.3 Å². The molecule has 0 unspecified atom stereocenters. The van der Waals surface area contributed by atoms with Gasteiger partial charge >= 0.3 is 5.97 Å². The SMILES string of the molecule is CC(C)(CSCCCCNS(=O)(=O)c1ccc(Cl)cc1)C(=O)O. The Kier molecular flexibility index (Phi) is 7.86. The number of hydrogen-bond donors (Lipinski definition) is 2. The lowest BCUT2D eigenvalue weighted by molar-refractivity contribution is -0.145. The molecule has 0 aliphatic carbocycles. The lowest BCUT2D eigenvalue weighted by Crippen LogP contribution is -2.26. The molecule has 0 spiro atoms. The molecule has 8 heteroatoms. The summed E-state index contributed by atoms with van der Waals surface area (Å²) < 4.78 is 26.6. The summed E-state index contributed by atoms with van der Waals surface area (Å²) in [6.07, 6.45) is 1.52. The number of benzene rings is 1. The highest BCUT2D eigenvalue weighted by Crippen LogP contribution is 2.22. The van der Waals surface area contributed by atoms with Gasteiger partial charge in [0.25, 0.3) is 0 Å². The average Bonchev–Trinajstić information content (AvgIpc) is 2.46. The van der Waals surface area contributed by atoms with Crippen LogP contribution in [0.2, 0.25) is 5.02 Å². The molecule has 1 rings (SSSR count). The number of thioether (sulfide) groups is 1. The lowest BCUT2D eigenvalue weighted by atomic mass is 9.97. The number of carboxylic acid groups (broad SMARTS) is 1. The molecule has 0 aromatic heterocycles. The normalized spacial score (nSPS) is 12.3. The number of carbonyl (C=O) groups is 1. The van der Waals surface area contributed by atoms with Crippen LogP contribution in [0.3, 0.4) is 0 Å². The van der Waals surface area contributed by atoms with Gasteiger partial charge < -0.3 is 5.11 Å². The number of halogens is 1. The standard InChI is InChI=1S/C15H22ClNO4S2/c1-15(2,14(18)19)11-22-10-4-3-9-17-23(20,21)13-7-5-12(16)6-8-13/h5-8,17H,3-4,9-11H2,1-2H3,(H,18,19). The smallest absolute Gasteiger partial charge is 0.309 e. The Hall–Kier alpha value is -0.760. The van der Waals surface area contributed by atoms with E-state index < -0.39 is 21.4 Å². The van der Waals surface area contributed by atoms with E-state index in [0.717, 1.165) is 12.2 Å². The first-order chi connectivity index (χ1) is 10.6. The van der Waals surface area contributed by atoms with Gasteiger partial charge in [0.2, 0.25) is 10.0 Å². The number of unbranched alkanes of at least 4 members (excludes halogenated alkanes) is 1. The van der Waals surface area contributed by atoms with Crippen LogP contribution in [0.15, 0.2) is 29.2 Å². The second-order valence-electron chi connectivity index (χ2n) is 5.80. The van der Waals surface area contributed by atoms with Crippen molar-refractivity contribution in [3.63, 3.8) is 0 Å². The number of aliphatic carboxylic acids is 1. The Balaban J connectivity index is 2.25.